The van der Waals surface area contributed by atoms with Gasteiger partial charge in [-0.25, -0.2) is 0 Å². The maximum Gasteiger partial charge on any atom is 0.307 e. The highest BCUT2D eigenvalue weighted by Crippen LogP contribution is 2.18. The summed E-state index contributed by atoms with van der Waals surface area (Å²) in [5.41, 5.74) is 2.03. The van der Waals surface area contributed by atoms with Crippen LogP contribution in [0.5, 0.6) is 0 Å². The predicted molar refractivity (Wildman–Crippen MR) is 60.0 cm³/mol. The van der Waals surface area contributed by atoms with Crippen LogP contribution < -0.4 is 0 Å². The van der Waals surface area contributed by atoms with Crippen LogP contribution in [0.2, 0.25) is 0 Å². The van der Waals surface area contributed by atoms with Crippen molar-refractivity contribution < 1.29 is 9.90 Å². The molecule has 1 fully saturated rings. The summed E-state index contributed by atoms with van der Waals surface area (Å²) in [6, 6.07) is 5.94. The lowest BCUT2D eigenvalue weighted by Gasteiger charge is -2.14. The fourth-order valence-electron chi connectivity index (χ4n) is 2.09. The van der Waals surface area contributed by atoms with Crippen molar-refractivity contribution in [3.05, 3.63) is 29.6 Å². The van der Waals surface area contributed by atoms with Gasteiger partial charge in [0.15, 0.2) is 0 Å². The van der Waals surface area contributed by atoms with E-state index in [1.807, 2.05) is 25.1 Å². The fraction of sp³-hybridized carbons (Fsp3) is 0.500. The number of rotatable bonds is 3. The normalized spacial score (nSPS) is 21.2. The van der Waals surface area contributed by atoms with Gasteiger partial charge in [-0.15, -0.1) is 0 Å². The molecule has 1 aromatic rings. The molecule has 4 heteroatoms. The van der Waals surface area contributed by atoms with E-state index >= 15 is 0 Å². The molecule has 0 radical (unpaired) electrons. The lowest BCUT2D eigenvalue weighted by Crippen LogP contribution is -2.23. The molecule has 0 saturated carbocycles. The molecule has 1 aliphatic heterocycles. The molecule has 0 aliphatic carbocycles. The maximum atomic E-state index is 10.8. The second-order valence-corrected chi connectivity index (χ2v) is 4.33. The summed E-state index contributed by atoms with van der Waals surface area (Å²) in [4.78, 5) is 17.4. The zero-order valence-electron chi connectivity index (χ0n) is 9.39. The van der Waals surface area contributed by atoms with Crippen molar-refractivity contribution in [2.24, 2.45) is 5.92 Å². The van der Waals surface area contributed by atoms with Crippen molar-refractivity contribution in [3.8, 4) is 0 Å². The number of aromatic nitrogens is 1. The van der Waals surface area contributed by atoms with E-state index in [1.54, 1.807) is 0 Å². The summed E-state index contributed by atoms with van der Waals surface area (Å²) >= 11 is 0. The molecule has 1 saturated heterocycles. The van der Waals surface area contributed by atoms with E-state index in [0.717, 1.165) is 30.9 Å². The highest BCUT2D eigenvalue weighted by Gasteiger charge is 2.27. The number of pyridine rings is 1. The van der Waals surface area contributed by atoms with Crippen LogP contribution in [0, 0.1) is 12.8 Å². The summed E-state index contributed by atoms with van der Waals surface area (Å²) in [5.74, 6) is -0.885. The molecule has 0 spiro atoms. The number of aryl methyl sites for hydroxylation is 1. The lowest BCUT2D eigenvalue weighted by atomic mass is 10.1. The average Bonchev–Trinajstić information content (AvgIpc) is 2.66. The van der Waals surface area contributed by atoms with Gasteiger partial charge < -0.3 is 5.11 Å². The first-order chi connectivity index (χ1) is 7.65. The number of hydrogen-bond donors (Lipinski definition) is 1. The van der Waals surface area contributed by atoms with E-state index in [0.29, 0.717) is 6.54 Å². The first-order valence-corrected chi connectivity index (χ1v) is 5.53. The Morgan fingerprint density at radius 3 is 3.06 bits per heavy atom. The SMILES string of the molecule is Cc1cccc(CN2CCC(C(=O)O)C2)n1. The van der Waals surface area contributed by atoms with Gasteiger partial charge in [0.25, 0.3) is 0 Å². The van der Waals surface area contributed by atoms with Crippen molar-refractivity contribution in [1.29, 1.82) is 0 Å². The number of carbonyl (C=O) groups is 1. The molecule has 1 N–H and O–H groups in total. The van der Waals surface area contributed by atoms with Crippen LogP contribution in [-0.4, -0.2) is 34.0 Å². The molecule has 0 bridgehead atoms. The molecular formula is C12H16N2O2. The predicted octanol–water partition coefficient (Wildman–Crippen LogP) is 1.30. The van der Waals surface area contributed by atoms with Crippen molar-refractivity contribution in [1.82, 2.24) is 9.88 Å². The summed E-state index contributed by atoms with van der Waals surface area (Å²) in [6.45, 7) is 4.22. The quantitative estimate of drug-likeness (QED) is 0.834. The Balaban J connectivity index is 1.94. The molecule has 1 atom stereocenters. The Hall–Kier alpha value is -1.42. The summed E-state index contributed by atoms with van der Waals surface area (Å²) in [6.07, 6.45) is 0.751. The molecule has 1 aromatic heterocycles. The third-order valence-corrected chi connectivity index (χ3v) is 2.95. The van der Waals surface area contributed by atoms with Crippen molar-refractivity contribution in [2.75, 3.05) is 13.1 Å². The molecule has 2 rings (SSSR count). The van der Waals surface area contributed by atoms with Crippen LogP contribution in [0.1, 0.15) is 17.8 Å². The van der Waals surface area contributed by atoms with Gasteiger partial charge in [0.1, 0.15) is 0 Å². The summed E-state index contributed by atoms with van der Waals surface area (Å²) in [5, 5.41) is 8.90. The Kier molecular flexibility index (Phi) is 3.19. The molecule has 16 heavy (non-hydrogen) atoms. The average molecular weight is 220 g/mol. The second kappa shape index (κ2) is 4.61. The Bertz CT molecular complexity index is 392. The molecule has 1 unspecified atom stereocenters. The van der Waals surface area contributed by atoms with Gasteiger partial charge in [-0.2, -0.15) is 0 Å². The van der Waals surface area contributed by atoms with E-state index in [2.05, 4.69) is 9.88 Å². The van der Waals surface area contributed by atoms with Crippen LogP contribution in [-0.2, 0) is 11.3 Å². The van der Waals surface area contributed by atoms with Gasteiger partial charge in [0.05, 0.1) is 11.6 Å². The van der Waals surface area contributed by atoms with E-state index in [4.69, 9.17) is 5.11 Å². The third kappa shape index (κ3) is 2.58. The van der Waals surface area contributed by atoms with Crippen LogP contribution in [0.4, 0.5) is 0 Å². The zero-order chi connectivity index (χ0) is 11.5. The molecule has 4 nitrogen and oxygen atoms in total. The Labute approximate surface area is 94.9 Å². The van der Waals surface area contributed by atoms with Gasteiger partial charge in [0.2, 0.25) is 0 Å². The van der Waals surface area contributed by atoms with E-state index in [1.165, 1.54) is 0 Å². The van der Waals surface area contributed by atoms with Crippen LogP contribution in [0.25, 0.3) is 0 Å². The van der Waals surface area contributed by atoms with Crippen LogP contribution >= 0.6 is 0 Å². The fourth-order valence-corrected chi connectivity index (χ4v) is 2.09. The molecular weight excluding hydrogens is 204 g/mol. The standard InChI is InChI=1S/C12H16N2O2/c1-9-3-2-4-11(13-9)8-14-6-5-10(7-14)12(15)16/h2-4,10H,5-8H2,1H3,(H,15,16). The van der Waals surface area contributed by atoms with Crippen molar-refractivity contribution in [2.45, 2.75) is 19.9 Å². The number of aliphatic carboxylic acids is 1. The van der Waals surface area contributed by atoms with Crippen LogP contribution in [0.15, 0.2) is 18.2 Å². The smallest absolute Gasteiger partial charge is 0.307 e. The largest absolute Gasteiger partial charge is 0.481 e. The minimum Gasteiger partial charge on any atom is -0.481 e. The van der Waals surface area contributed by atoms with Crippen molar-refractivity contribution >= 4 is 5.97 Å². The highest BCUT2D eigenvalue weighted by atomic mass is 16.4. The lowest BCUT2D eigenvalue weighted by molar-refractivity contribution is -0.141. The van der Waals surface area contributed by atoms with Gasteiger partial charge in [0, 0.05) is 18.8 Å². The minimum absolute atomic E-state index is 0.204. The molecule has 2 heterocycles. The molecule has 1 aliphatic rings. The number of hydrogen-bond acceptors (Lipinski definition) is 3. The van der Waals surface area contributed by atoms with Gasteiger partial charge in [-0.05, 0) is 32.0 Å². The third-order valence-electron chi connectivity index (χ3n) is 2.95. The molecule has 0 aromatic carbocycles. The van der Waals surface area contributed by atoms with Crippen LogP contribution in [0.3, 0.4) is 0 Å². The topological polar surface area (TPSA) is 53.4 Å². The first kappa shape index (κ1) is 11.1. The Morgan fingerprint density at radius 1 is 1.62 bits per heavy atom. The van der Waals surface area contributed by atoms with E-state index < -0.39 is 5.97 Å². The number of carboxylic acid groups (broad SMARTS) is 1. The monoisotopic (exact) mass is 220 g/mol. The molecule has 0 amide bonds. The van der Waals surface area contributed by atoms with E-state index in [-0.39, 0.29) is 5.92 Å². The molecule has 86 valence electrons. The number of likely N-dealkylation sites (tertiary alicyclic amines) is 1. The Morgan fingerprint density at radius 2 is 2.44 bits per heavy atom. The summed E-state index contributed by atoms with van der Waals surface area (Å²) < 4.78 is 0. The number of nitrogens with zero attached hydrogens (tertiary/aromatic N) is 2. The zero-order valence-corrected chi connectivity index (χ0v) is 9.39. The van der Waals surface area contributed by atoms with E-state index in [9.17, 15) is 4.79 Å². The van der Waals surface area contributed by atoms with Gasteiger partial charge in [-0.1, -0.05) is 6.07 Å². The second-order valence-electron chi connectivity index (χ2n) is 4.33. The van der Waals surface area contributed by atoms with Crippen molar-refractivity contribution in [3.63, 3.8) is 0 Å². The van der Waals surface area contributed by atoms with Gasteiger partial charge >= 0.3 is 5.97 Å². The minimum atomic E-state index is -0.681. The van der Waals surface area contributed by atoms with Gasteiger partial charge in [-0.3, -0.25) is 14.7 Å². The first-order valence-electron chi connectivity index (χ1n) is 5.53. The highest BCUT2D eigenvalue weighted by molar-refractivity contribution is 5.70. The maximum absolute atomic E-state index is 10.8. The number of carboxylic acids is 1. The summed E-state index contributed by atoms with van der Waals surface area (Å²) in [7, 11) is 0.